The highest BCUT2D eigenvalue weighted by Gasteiger charge is 2.27. The van der Waals surface area contributed by atoms with Crippen molar-refractivity contribution in [2.24, 2.45) is 7.05 Å². The Kier molecular flexibility index (Phi) is 5.36. The van der Waals surface area contributed by atoms with E-state index in [0.717, 1.165) is 0 Å². The Morgan fingerprint density at radius 1 is 1.41 bits per heavy atom. The summed E-state index contributed by atoms with van der Waals surface area (Å²) < 4.78 is 41.1. The van der Waals surface area contributed by atoms with E-state index in [4.69, 9.17) is 0 Å². The Labute approximate surface area is 97.0 Å². The lowest BCUT2D eigenvalue weighted by atomic mass is 10.4. The molecule has 1 N–H and O–H groups in total. The molecule has 0 aromatic carbocycles. The number of alkyl halides is 3. The number of rotatable bonds is 7. The summed E-state index contributed by atoms with van der Waals surface area (Å²) in [5.74, 6) is 0.705. The van der Waals surface area contributed by atoms with E-state index in [1.807, 2.05) is 0 Å². The van der Waals surface area contributed by atoms with Gasteiger partial charge in [-0.05, 0) is 0 Å². The predicted molar refractivity (Wildman–Crippen MR) is 54.5 cm³/mol. The van der Waals surface area contributed by atoms with E-state index < -0.39 is 12.8 Å². The molecule has 0 aliphatic rings. The number of hydrogen-bond donors (Lipinski definition) is 1. The molecule has 98 valence electrons. The van der Waals surface area contributed by atoms with Crippen LogP contribution in [0.3, 0.4) is 0 Å². The van der Waals surface area contributed by atoms with Gasteiger partial charge in [0.2, 0.25) is 0 Å². The lowest BCUT2D eigenvalue weighted by Crippen LogP contribution is -2.25. The van der Waals surface area contributed by atoms with Crippen molar-refractivity contribution in [2.45, 2.75) is 12.6 Å². The fourth-order valence-electron chi connectivity index (χ4n) is 1.16. The predicted octanol–water partition coefficient (Wildman–Crippen LogP) is 0.526. The molecule has 0 bridgehead atoms. The Hall–Kier alpha value is -1.15. The first-order valence-corrected chi connectivity index (χ1v) is 5.17. The first-order chi connectivity index (χ1) is 7.97. The van der Waals surface area contributed by atoms with E-state index in [1.165, 1.54) is 0 Å². The second-order valence-electron chi connectivity index (χ2n) is 3.50. The molecular formula is C9H15F3N4O. The molecular weight excluding hydrogens is 237 g/mol. The third-order valence-electron chi connectivity index (χ3n) is 1.86. The monoisotopic (exact) mass is 252 g/mol. The summed E-state index contributed by atoms with van der Waals surface area (Å²) in [6.45, 7) is -0.173. The molecule has 0 aliphatic carbocycles. The third kappa shape index (κ3) is 6.90. The highest BCUT2D eigenvalue weighted by molar-refractivity contribution is 4.81. The highest BCUT2D eigenvalue weighted by atomic mass is 19.4. The maximum atomic E-state index is 11.7. The molecule has 0 fully saturated rings. The van der Waals surface area contributed by atoms with Crippen LogP contribution in [0.5, 0.6) is 0 Å². The number of nitrogens with one attached hydrogen (secondary N) is 1. The van der Waals surface area contributed by atoms with Gasteiger partial charge in [0.05, 0.1) is 6.61 Å². The SMILES string of the molecule is Cn1cnc(CCNCCOCC(F)(F)F)n1. The summed E-state index contributed by atoms with van der Waals surface area (Å²) >= 11 is 0. The van der Waals surface area contributed by atoms with Crippen LogP contribution in [0.1, 0.15) is 5.82 Å². The van der Waals surface area contributed by atoms with Crippen molar-refractivity contribution >= 4 is 0 Å². The minimum Gasteiger partial charge on any atom is -0.371 e. The van der Waals surface area contributed by atoms with E-state index in [2.05, 4.69) is 20.1 Å². The standard InChI is InChI=1S/C9H15F3N4O/c1-16-7-14-8(15-16)2-3-13-4-5-17-6-9(10,11)12/h7,13H,2-6H2,1H3. The lowest BCUT2D eigenvalue weighted by Gasteiger charge is -2.07. The molecule has 1 aromatic heterocycles. The number of nitrogens with zero attached hydrogens (tertiary/aromatic N) is 3. The minimum atomic E-state index is -4.25. The summed E-state index contributed by atoms with van der Waals surface area (Å²) in [6, 6.07) is 0. The average molecular weight is 252 g/mol. The molecule has 0 unspecified atom stereocenters. The lowest BCUT2D eigenvalue weighted by molar-refractivity contribution is -0.173. The van der Waals surface area contributed by atoms with Crippen LogP contribution >= 0.6 is 0 Å². The van der Waals surface area contributed by atoms with Crippen molar-refractivity contribution < 1.29 is 17.9 Å². The molecule has 1 rings (SSSR count). The van der Waals surface area contributed by atoms with Crippen LogP contribution in [-0.4, -0.2) is 47.2 Å². The quantitative estimate of drug-likeness (QED) is 0.719. The van der Waals surface area contributed by atoms with E-state index in [9.17, 15) is 13.2 Å². The van der Waals surface area contributed by atoms with E-state index in [1.54, 1.807) is 18.1 Å². The van der Waals surface area contributed by atoms with Crippen LogP contribution in [0, 0.1) is 0 Å². The minimum absolute atomic E-state index is 0.0369. The first-order valence-electron chi connectivity index (χ1n) is 5.17. The van der Waals surface area contributed by atoms with Crippen molar-refractivity contribution in [2.75, 3.05) is 26.3 Å². The van der Waals surface area contributed by atoms with Gasteiger partial charge in [0.1, 0.15) is 12.9 Å². The second-order valence-corrected chi connectivity index (χ2v) is 3.50. The van der Waals surface area contributed by atoms with Gasteiger partial charge in [0.25, 0.3) is 0 Å². The molecule has 1 aromatic rings. The van der Waals surface area contributed by atoms with Gasteiger partial charge >= 0.3 is 6.18 Å². The zero-order valence-corrected chi connectivity index (χ0v) is 9.50. The van der Waals surface area contributed by atoms with Gasteiger partial charge < -0.3 is 10.1 Å². The number of aromatic nitrogens is 3. The summed E-state index contributed by atoms with van der Waals surface area (Å²) in [6.07, 6.45) is -2.01. The van der Waals surface area contributed by atoms with Crippen LogP contribution in [0.25, 0.3) is 0 Å². The molecule has 0 aliphatic heterocycles. The van der Waals surface area contributed by atoms with Crippen molar-refractivity contribution in [3.8, 4) is 0 Å². The van der Waals surface area contributed by atoms with Crippen LogP contribution in [0.2, 0.25) is 0 Å². The molecule has 0 radical (unpaired) electrons. The Bertz CT molecular complexity index is 326. The summed E-state index contributed by atoms with van der Waals surface area (Å²) in [5.41, 5.74) is 0. The van der Waals surface area contributed by atoms with E-state index in [-0.39, 0.29) is 6.61 Å². The summed E-state index contributed by atoms with van der Waals surface area (Å²) in [4.78, 5) is 4.01. The number of aryl methyl sites for hydroxylation is 1. The Balaban J connectivity index is 1.95. The maximum Gasteiger partial charge on any atom is 0.411 e. The van der Waals surface area contributed by atoms with Crippen molar-refractivity contribution in [1.29, 1.82) is 0 Å². The largest absolute Gasteiger partial charge is 0.411 e. The molecule has 0 spiro atoms. The molecule has 0 saturated carbocycles. The van der Waals surface area contributed by atoms with Gasteiger partial charge in [-0.3, -0.25) is 4.68 Å². The molecule has 0 atom stereocenters. The summed E-state index contributed by atoms with van der Waals surface area (Å²) in [7, 11) is 1.77. The Morgan fingerprint density at radius 2 is 2.18 bits per heavy atom. The third-order valence-corrected chi connectivity index (χ3v) is 1.86. The normalized spacial score (nSPS) is 12.0. The highest BCUT2D eigenvalue weighted by Crippen LogP contribution is 2.13. The zero-order valence-electron chi connectivity index (χ0n) is 9.50. The van der Waals surface area contributed by atoms with Crippen molar-refractivity contribution in [3.63, 3.8) is 0 Å². The fourth-order valence-corrected chi connectivity index (χ4v) is 1.16. The second kappa shape index (κ2) is 6.55. The number of ether oxygens (including phenoxy) is 1. The fraction of sp³-hybridized carbons (Fsp3) is 0.778. The molecule has 8 heteroatoms. The van der Waals surface area contributed by atoms with Gasteiger partial charge in [0, 0.05) is 26.6 Å². The number of halogens is 3. The van der Waals surface area contributed by atoms with Crippen molar-refractivity contribution in [3.05, 3.63) is 12.2 Å². The molecule has 17 heavy (non-hydrogen) atoms. The number of hydrogen-bond acceptors (Lipinski definition) is 4. The zero-order chi connectivity index (χ0) is 12.7. The smallest absolute Gasteiger partial charge is 0.371 e. The topological polar surface area (TPSA) is 52.0 Å². The molecule has 0 amide bonds. The van der Waals surface area contributed by atoms with Crippen LogP contribution in [-0.2, 0) is 18.2 Å². The van der Waals surface area contributed by atoms with Gasteiger partial charge in [-0.1, -0.05) is 0 Å². The molecule has 0 saturated heterocycles. The van der Waals surface area contributed by atoms with Crippen molar-refractivity contribution in [1.82, 2.24) is 20.1 Å². The van der Waals surface area contributed by atoms with E-state index in [0.29, 0.717) is 25.3 Å². The van der Waals surface area contributed by atoms with Gasteiger partial charge in [-0.15, -0.1) is 0 Å². The Morgan fingerprint density at radius 3 is 2.76 bits per heavy atom. The van der Waals surface area contributed by atoms with Crippen LogP contribution in [0.4, 0.5) is 13.2 Å². The summed E-state index contributed by atoms with van der Waals surface area (Å²) in [5, 5.41) is 7.01. The average Bonchev–Trinajstić information content (AvgIpc) is 2.61. The van der Waals surface area contributed by atoms with E-state index >= 15 is 0 Å². The van der Waals surface area contributed by atoms with Gasteiger partial charge in [-0.25, -0.2) is 4.98 Å². The molecule has 5 nitrogen and oxygen atoms in total. The van der Waals surface area contributed by atoms with Crippen LogP contribution < -0.4 is 5.32 Å². The molecule has 1 heterocycles. The first kappa shape index (κ1) is 13.9. The van der Waals surface area contributed by atoms with Gasteiger partial charge in [-0.2, -0.15) is 18.3 Å². The van der Waals surface area contributed by atoms with Gasteiger partial charge in [0.15, 0.2) is 5.82 Å². The maximum absolute atomic E-state index is 11.7. The van der Waals surface area contributed by atoms with Crippen LogP contribution in [0.15, 0.2) is 6.33 Å².